The molecule has 21 heavy (non-hydrogen) atoms. The van der Waals surface area contributed by atoms with E-state index >= 15 is 0 Å². The van der Waals surface area contributed by atoms with Crippen molar-refractivity contribution in [2.24, 2.45) is 17.8 Å². The van der Waals surface area contributed by atoms with E-state index in [2.05, 4.69) is 19.0 Å². The molecular weight excluding hydrogens is 265 g/mol. The van der Waals surface area contributed by atoms with Crippen LogP contribution in [-0.2, 0) is 0 Å². The molecule has 2 nitrogen and oxygen atoms in total. The third-order valence-corrected chi connectivity index (χ3v) is 5.47. The maximum atomic E-state index is 13.7. The zero-order valence-electron chi connectivity index (χ0n) is 13.3. The largest absolute Gasteiger partial charge is 0.494 e. The lowest BCUT2D eigenvalue weighted by Crippen LogP contribution is -2.34. The van der Waals surface area contributed by atoms with Crippen molar-refractivity contribution in [1.82, 2.24) is 4.90 Å². The first-order valence-corrected chi connectivity index (χ1v) is 8.06. The number of nitrogens with zero attached hydrogens (tertiary/aromatic N) is 1. The lowest BCUT2D eigenvalue weighted by molar-refractivity contribution is 0.164. The van der Waals surface area contributed by atoms with E-state index < -0.39 is 0 Å². The number of rotatable bonds is 4. The second-order valence-corrected chi connectivity index (χ2v) is 7.10. The first-order chi connectivity index (χ1) is 10.1. The molecule has 3 rings (SSSR count). The third-order valence-electron chi connectivity index (χ3n) is 5.47. The molecule has 0 saturated heterocycles. The average Bonchev–Trinajstić information content (AvgIpc) is 2.85. The van der Waals surface area contributed by atoms with E-state index in [9.17, 15) is 4.39 Å². The summed E-state index contributed by atoms with van der Waals surface area (Å²) in [5.74, 6) is 3.07. The van der Waals surface area contributed by atoms with Crippen LogP contribution in [0.1, 0.15) is 37.2 Å². The molecule has 0 radical (unpaired) electrons. The highest BCUT2D eigenvalue weighted by molar-refractivity contribution is 5.33. The Morgan fingerprint density at radius 2 is 2.05 bits per heavy atom. The molecule has 0 spiro atoms. The monoisotopic (exact) mass is 291 g/mol. The lowest BCUT2D eigenvalue weighted by atomic mass is 9.69. The summed E-state index contributed by atoms with van der Waals surface area (Å²) in [6, 6.07) is 5.46. The van der Waals surface area contributed by atoms with E-state index in [0.717, 1.165) is 18.4 Å². The van der Waals surface area contributed by atoms with Crippen LogP contribution >= 0.6 is 0 Å². The van der Waals surface area contributed by atoms with Crippen LogP contribution < -0.4 is 4.74 Å². The van der Waals surface area contributed by atoms with Gasteiger partial charge in [-0.1, -0.05) is 12.5 Å². The van der Waals surface area contributed by atoms with Crippen LogP contribution in [0.25, 0.3) is 0 Å². The Morgan fingerprint density at radius 3 is 2.76 bits per heavy atom. The molecule has 0 amide bonds. The van der Waals surface area contributed by atoms with E-state index in [0.29, 0.717) is 17.6 Å². The zero-order chi connectivity index (χ0) is 15.0. The van der Waals surface area contributed by atoms with Gasteiger partial charge in [-0.2, -0.15) is 0 Å². The van der Waals surface area contributed by atoms with Gasteiger partial charge in [0.1, 0.15) is 0 Å². The van der Waals surface area contributed by atoms with E-state index in [-0.39, 0.29) is 5.82 Å². The van der Waals surface area contributed by atoms with Crippen molar-refractivity contribution >= 4 is 0 Å². The van der Waals surface area contributed by atoms with Gasteiger partial charge in [-0.25, -0.2) is 4.39 Å². The predicted molar refractivity (Wildman–Crippen MR) is 83.2 cm³/mol. The number of benzene rings is 1. The third kappa shape index (κ3) is 2.94. The van der Waals surface area contributed by atoms with Crippen molar-refractivity contribution in [3.63, 3.8) is 0 Å². The highest BCUT2D eigenvalue weighted by Crippen LogP contribution is 2.52. The van der Waals surface area contributed by atoms with Gasteiger partial charge in [-0.15, -0.1) is 0 Å². The summed E-state index contributed by atoms with van der Waals surface area (Å²) < 4.78 is 18.9. The standard InChI is InChI=1S/C18H26FNO/c1-20(2)11-16-13-5-4-12(8-13)9-15(16)14-6-7-17(19)18(10-14)21-3/h6-7,10,12-13,15-16H,4-5,8-9,11H2,1-3H3/t12-,13?,15?,16?/m1/s1. The Hall–Kier alpha value is -1.09. The van der Waals surface area contributed by atoms with Crippen LogP contribution in [0.15, 0.2) is 18.2 Å². The highest BCUT2D eigenvalue weighted by atomic mass is 19.1. The molecule has 2 saturated carbocycles. The normalized spacial score (nSPS) is 31.7. The lowest BCUT2D eigenvalue weighted by Gasteiger charge is -2.38. The number of methoxy groups -OCH3 is 1. The van der Waals surface area contributed by atoms with Crippen molar-refractivity contribution < 1.29 is 9.13 Å². The molecule has 2 aliphatic carbocycles. The van der Waals surface area contributed by atoms with Gasteiger partial charge in [-0.3, -0.25) is 0 Å². The molecule has 116 valence electrons. The highest BCUT2D eigenvalue weighted by Gasteiger charge is 2.42. The van der Waals surface area contributed by atoms with Gasteiger partial charge in [0.25, 0.3) is 0 Å². The molecule has 0 aliphatic heterocycles. The fourth-order valence-corrected chi connectivity index (χ4v) is 4.57. The van der Waals surface area contributed by atoms with Gasteiger partial charge in [0, 0.05) is 6.54 Å². The Morgan fingerprint density at radius 1 is 1.24 bits per heavy atom. The smallest absolute Gasteiger partial charge is 0.165 e. The van der Waals surface area contributed by atoms with Gasteiger partial charge in [0.05, 0.1) is 7.11 Å². The number of hydrogen-bond donors (Lipinski definition) is 0. The minimum atomic E-state index is -0.260. The Balaban J connectivity index is 1.90. The number of halogens is 1. The van der Waals surface area contributed by atoms with Crippen molar-refractivity contribution in [2.75, 3.05) is 27.7 Å². The van der Waals surface area contributed by atoms with Crippen LogP contribution in [0.2, 0.25) is 0 Å². The van der Waals surface area contributed by atoms with Crippen LogP contribution in [0.3, 0.4) is 0 Å². The number of hydrogen-bond acceptors (Lipinski definition) is 2. The second-order valence-electron chi connectivity index (χ2n) is 7.10. The van der Waals surface area contributed by atoms with Gasteiger partial charge in [0.15, 0.2) is 11.6 Å². The fourth-order valence-electron chi connectivity index (χ4n) is 4.57. The number of ether oxygens (including phenoxy) is 1. The Bertz CT molecular complexity index is 502. The van der Waals surface area contributed by atoms with Crippen LogP contribution in [-0.4, -0.2) is 32.6 Å². The average molecular weight is 291 g/mol. The van der Waals surface area contributed by atoms with Gasteiger partial charge < -0.3 is 9.64 Å². The van der Waals surface area contributed by atoms with Crippen LogP contribution in [0, 0.1) is 23.6 Å². The minimum absolute atomic E-state index is 0.260. The SMILES string of the molecule is COc1cc(C2C[C@@H]3CCC(C3)C2CN(C)C)ccc1F. The Kier molecular flexibility index (Phi) is 4.21. The quantitative estimate of drug-likeness (QED) is 0.834. The summed E-state index contributed by atoms with van der Waals surface area (Å²) in [6.07, 6.45) is 5.40. The molecule has 0 aromatic heterocycles. The summed E-state index contributed by atoms with van der Waals surface area (Å²) >= 11 is 0. The van der Waals surface area contributed by atoms with Crippen molar-refractivity contribution in [1.29, 1.82) is 0 Å². The summed E-state index contributed by atoms with van der Waals surface area (Å²) in [4.78, 5) is 2.30. The van der Waals surface area contributed by atoms with Crippen molar-refractivity contribution in [3.8, 4) is 5.75 Å². The molecule has 3 heteroatoms. The molecule has 1 aromatic rings. The second kappa shape index (κ2) is 5.96. The van der Waals surface area contributed by atoms with E-state index in [1.54, 1.807) is 13.2 Å². The summed E-state index contributed by atoms with van der Waals surface area (Å²) in [6.45, 7) is 1.13. The van der Waals surface area contributed by atoms with Crippen LogP contribution in [0.4, 0.5) is 4.39 Å². The van der Waals surface area contributed by atoms with Gasteiger partial charge >= 0.3 is 0 Å². The Labute approximate surface area is 127 Å². The molecular formula is C18H26FNO. The van der Waals surface area contributed by atoms with E-state index in [4.69, 9.17) is 4.74 Å². The molecule has 2 bridgehead atoms. The first kappa shape index (κ1) is 14.8. The first-order valence-electron chi connectivity index (χ1n) is 8.06. The van der Waals surface area contributed by atoms with Crippen LogP contribution in [0.5, 0.6) is 5.75 Å². The minimum Gasteiger partial charge on any atom is -0.494 e. The topological polar surface area (TPSA) is 12.5 Å². The molecule has 2 fully saturated rings. The zero-order valence-corrected chi connectivity index (χ0v) is 13.3. The summed E-state index contributed by atoms with van der Waals surface area (Å²) in [5, 5.41) is 0. The number of fused-ring (bicyclic) bond motifs is 2. The summed E-state index contributed by atoms with van der Waals surface area (Å²) in [5.41, 5.74) is 1.26. The maximum Gasteiger partial charge on any atom is 0.165 e. The fraction of sp³-hybridized carbons (Fsp3) is 0.667. The molecule has 4 atom stereocenters. The molecule has 0 N–H and O–H groups in total. The predicted octanol–water partition coefficient (Wildman–Crippen LogP) is 3.92. The van der Waals surface area contributed by atoms with E-state index in [1.807, 2.05) is 12.1 Å². The molecule has 2 aliphatic rings. The molecule has 0 heterocycles. The molecule has 3 unspecified atom stereocenters. The van der Waals surface area contributed by atoms with Crippen molar-refractivity contribution in [2.45, 2.75) is 31.6 Å². The van der Waals surface area contributed by atoms with Gasteiger partial charge in [0.2, 0.25) is 0 Å². The maximum absolute atomic E-state index is 13.7. The van der Waals surface area contributed by atoms with Gasteiger partial charge in [-0.05, 0) is 74.7 Å². The molecule has 1 aromatic carbocycles. The van der Waals surface area contributed by atoms with Crippen molar-refractivity contribution in [3.05, 3.63) is 29.6 Å². The van der Waals surface area contributed by atoms with E-state index in [1.165, 1.54) is 31.2 Å². The summed E-state index contributed by atoms with van der Waals surface area (Å²) in [7, 11) is 5.86.